The van der Waals surface area contributed by atoms with Gasteiger partial charge in [0, 0.05) is 56.8 Å². The second-order valence-corrected chi connectivity index (χ2v) is 6.83. The summed E-state index contributed by atoms with van der Waals surface area (Å²) >= 11 is 0. The Balaban J connectivity index is 1.23. The molecule has 7 nitrogen and oxygen atoms in total. The van der Waals surface area contributed by atoms with E-state index in [1.165, 1.54) is 11.1 Å². The molecule has 2 aliphatic heterocycles. The third kappa shape index (κ3) is 3.35. The van der Waals surface area contributed by atoms with E-state index in [4.69, 9.17) is 0 Å². The third-order valence-corrected chi connectivity index (χ3v) is 5.07. The van der Waals surface area contributed by atoms with Crippen molar-refractivity contribution in [1.29, 1.82) is 0 Å². The van der Waals surface area contributed by atoms with Crippen molar-refractivity contribution in [3.8, 4) is 0 Å². The molecule has 0 saturated heterocycles. The third-order valence-electron chi connectivity index (χ3n) is 5.07. The Hall–Kier alpha value is -2.67. The number of carbonyl (C=O) groups excluding carboxylic acids is 2. The van der Waals surface area contributed by atoms with Crippen LogP contribution in [0.4, 0.5) is 0 Å². The van der Waals surface area contributed by atoms with E-state index in [9.17, 15) is 9.59 Å². The number of benzene rings is 1. The quantitative estimate of drug-likeness (QED) is 0.703. The average Bonchev–Trinajstić information content (AvgIpc) is 3.29. The highest BCUT2D eigenvalue weighted by Gasteiger charge is 2.23. The Labute approximate surface area is 152 Å². The standard InChI is InChI=1S/C19H23N5O2/c25-17(24-11-13-4-1-2-5-14(13)12-24)6-3-8-21-19(26)18-15-10-20-9-7-16(15)22-23-18/h1-2,4-5,20H,3,6-12H2,(H,21,26)(H,22,23). The van der Waals surface area contributed by atoms with E-state index in [2.05, 4.69) is 33.0 Å². The van der Waals surface area contributed by atoms with Crippen LogP contribution in [0.5, 0.6) is 0 Å². The first-order valence-corrected chi connectivity index (χ1v) is 9.12. The lowest BCUT2D eigenvalue weighted by molar-refractivity contribution is -0.131. The van der Waals surface area contributed by atoms with E-state index < -0.39 is 0 Å². The topological polar surface area (TPSA) is 90.1 Å². The molecule has 0 saturated carbocycles. The van der Waals surface area contributed by atoms with E-state index in [1.807, 2.05) is 17.0 Å². The van der Waals surface area contributed by atoms with Gasteiger partial charge >= 0.3 is 0 Å². The fourth-order valence-corrected chi connectivity index (χ4v) is 3.61. The number of fused-ring (bicyclic) bond motifs is 2. The number of amides is 2. The molecule has 0 atom stereocenters. The van der Waals surface area contributed by atoms with E-state index in [1.54, 1.807) is 0 Å². The van der Waals surface area contributed by atoms with Crippen molar-refractivity contribution in [3.63, 3.8) is 0 Å². The van der Waals surface area contributed by atoms with Gasteiger partial charge < -0.3 is 15.5 Å². The predicted octanol–water partition coefficient (Wildman–Crippen LogP) is 1.11. The first kappa shape index (κ1) is 16.8. The molecule has 26 heavy (non-hydrogen) atoms. The summed E-state index contributed by atoms with van der Waals surface area (Å²) in [6.07, 6.45) is 1.93. The number of carbonyl (C=O) groups is 2. The second-order valence-electron chi connectivity index (χ2n) is 6.83. The molecule has 0 spiro atoms. The lowest BCUT2D eigenvalue weighted by atomic mass is 10.1. The summed E-state index contributed by atoms with van der Waals surface area (Å²) in [5.74, 6) is -0.0379. The fourth-order valence-electron chi connectivity index (χ4n) is 3.61. The maximum Gasteiger partial charge on any atom is 0.272 e. The summed E-state index contributed by atoms with van der Waals surface area (Å²) < 4.78 is 0. The van der Waals surface area contributed by atoms with Crippen LogP contribution in [0, 0.1) is 0 Å². The van der Waals surface area contributed by atoms with Crippen LogP contribution in [0.3, 0.4) is 0 Å². The SMILES string of the molecule is O=C(NCCCC(=O)N1Cc2ccccc2C1)c1n[nH]c2c1CNCC2. The summed E-state index contributed by atoms with van der Waals surface area (Å²) in [6, 6.07) is 8.15. The van der Waals surface area contributed by atoms with Gasteiger partial charge in [0.25, 0.3) is 5.91 Å². The zero-order valence-electron chi connectivity index (χ0n) is 14.7. The Kier molecular flexibility index (Phi) is 4.71. The van der Waals surface area contributed by atoms with Gasteiger partial charge in [0.2, 0.25) is 5.91 Å². The highest BCUT2D eigenvalue weighted by atomic mass is 16.2. The molecule has 0 aliphatic carbocycles. The highest BCUT2D eigenvalue weighted by molar-refractivity contribution is 5.94. The normalized spacial score (nSPS) is 15.5. The number of hydrogen-bond donors (Lipinski definition) is 3. The molecule has 2 amide bonds. The van der Waals surface area contributed by atoms with Gasteiger partial charge in [-0.05, 0) is 17.5 Å². The van der Waals surface area contributed by atoms with E-state index in [0.717, 1.165) is 24.2 Å². The summed E-state index contributed by atoms with van der Waals surface area (Å²) in [7, 11) is 0. The van der Waals surface area contributed by atoms with Crippen molar-refractivity contribution in [3.05, 3.63) is 52.3 Å². The zero-order valence-corrected chi connectivity index (χ0v) is 14.7. The number of nitrogens with one attached hydrogen (secondary N) is 3. The van der Waals surface area contributed by atoms with E-state index in [0.29, 0.717) is 44.7 Å². The molecular formula is C19H23N5O2. The molecule has 7 heteroatoms. The molecule has 0 fully saturated rings. The van der Waals surface area contributed by atoms with Crippen molar-refractivity contribution in [1.82, 2.24) is 25.7 Å². The summed E-state index contributed by atoms with van der Waals surface area (Å²) in [5.41, 5.74) is 4.92. The fraction of sp³-hybridized carbons (Fsp3) is 0.421. The van der Waals surface area contributed by atoms with Gasteiger partial charge in [0.1, 0.15) is 0 Å². The Morgan fingerprint density at radius 3 is 2.73 bits per heavy atom. The Morgan fingerprint density at radius 1 is 1.19 bits per heavy atom. The van der Waals surface area contributed by atoms with Crippen molar-refractivity contribution in [2.24, 2.45) is 0 Å². The number of H-pyrrole nitrogens is 1. The first-order valence-electron chi connectivity index (χ1n) is 9.12. The molecule has 4 rings (SSSR count). The van der Waals surface area contributed by atoms with Crippen molar-refractivity contribution < 1.29 is 9.59 Å². The van der Waals surface area contributed by atoms with Crippen molar-refractivity contribution in [2.75, 3.05) is 13.1 Å². The minimum absolute atomic E-state index is 0.136. The van der Waals surface area contributed by atoms with Crippen LogP contribution in [-0.4, -0.2) is 40.0 Å². The van der Waals surface area contributed by atoms with Crippen LogP contribution < -0.4 is 10.6 Å². The van der Waals surface area contributed by atoms with Gasteiger partial charge in [0.05, 0.1) is 0 Å². The van der Waals surface area contributed by atoms with Crippen molar-refractivity contribution >= 4 is 11.8 Å². The summed E-state index contributed by atoms with van der Waals surface area (Å²) in [5, 5.41) is 13.2. The molecule has 1 aromatic carbocycles. The van der Waals surface area contributed by atoms with Crippen LogP contribution in [0.15, 0.2) is 24.3 Å². The Morgan fingerprint density at radius 2 is 1.96 bits per heavy atom. The number of nitrogens with zero attached hydrogens (tertiary/aromatic N) is 2. The molecule has 0 bridgehead atoms. The maximum atomic E-state index is 12.4. The molecule has 1 aromatic heterocycles. The van der Waals surface area contributed by atoms with Gasteiger partial charge in [0.15, 0.2) is 5.69 Å². The van der Waals surface area contributed by atoms with Crippen molar-refractivity contribution in [2.45, 2.75) is 38.9 Å². The molecule has 2 aliphatic rings. The number of rotatable bonds is 5. The van der Waals surface area contributed by atoms with Gasteiger partial charge in [-0.25, -0.2) is 0 Å². The summed E-state index contributed by atoms with van der Waals surface area (Å²) in [4.78, 5) is 26.6. The molecular weight excluding hydrogens is 330 g/mol. The minimum atomic E-state index is -0.174. The van der Waals surface area contributed by atoms with Gasteiger partial charge in [-0.15, -0.1) is 0 Å². The molecule has 3 N–H and O–H groups in total. The maximum absolute atomic E-state index is 12.4. The smallest absolute Gasteiger partial charge is 0.272 e. The number of aromatic nitrogens is 2. The summed E-state index contributed by atoms with van der Waals surface area (Å²) in [6.45, 7) is 3.42. The predicted molar refractivity (Wildman–Crippen MR) is 96.3 cm³/mol. The molecule has 0 radical (unpaired) electrons. The van der Waals surface area contributed by atoms with Crippen LogP contribution in [0.25, 0.3) is 0 Å². The van der Waals surface area contributed by atoms with Crippen LogP contribution in [0.1, 0.15) is 45.7 Å². The van der Waals surface area contributed by atoms with Crippen LogP contribution in [-0.2, 0) is 30.8 Å². The van der Waals surface area contributed by atoms with E-state index >= 15 is 0 Å². The zero-order chi connectivity index (χ0) is 17.9. The van der Waals surface area contributed by atoms with E-state index in [-0.39, 0.29) is 11.8 Å². The van der Waals surface area contributed by atoms with Gasteiger partial charge in [-0.1, -0.05) is 24.3 Å². The van der Waals surface area contributed by atoms with Gasteiger partial charge in [-0.2, -0.15) is 5.10 Å². The Bertz CT molecular complexity index is 804. The monoisotopic (exact) mass is 353 g/mol. The second kappa shape index (κ2) is 7.29. The van der Waals surface area contributed by atoms with Crippen LogP contribution in [0.2, 0.25) is 0 Å². The number of hydrogen-bond acceptors (Lipinski definition) is 4. The lowest BCUT2D eigenvalue weighted by Crippen LogP contribution is -2.30. The highest BCUT2D eigenvalue weighted by Crippen LogP contribution is 2.23. The number of aromatic amines is 1. The average molecular weight is 353 g/mol. The molecule has 2 aromatic rings. The van der Waals surface area contributed by atoms with Gasteiger partial charge in [-0.3, -0.25) is 14.7 Å². The lowest BCUT2D eigenvalue weighted by Gasteiger charge is -2.15. The minimum Gasteiger partial charge on any atom is -0.351 e. The molecule has 3 heterocycles. The molecule has 0 unspecified atom stereocenters. The molecule has 136 valence electrons. The van der Waals surface area contributed by atoms with Crippen LogP contribution >= 0.6 is 0 Å². The first-order chi connectivity index (χ1) is 12.7. The largest absolute Gasteiger partial charge is 0.351 e.